The molecule has 0 spiro atoms. The maximum atomic E-state index is 12.6. The van der Waals surface area contributed by atoms with Gasteiger partial charge in [0, 0.05) is 45.1 Å². The Balaban J connectivity index is 4.62. The van der Waals surface area contributed by atoms with Gasteiger partial charge < -0.3 is 63.0 Å². The highest BCUT2D eigenvalue weighted by Gasteiger charge is 2.27. The molecule has 0 saturated carbocycles. The SMILES string of the molecule is N[C@@H](CCCCNC(=O)CC[C@H](NC(=O)CC[C@H](NC(=O)CC[C@H](NC(=O)CC[C@H](NC(=O)CCCCCCCCCCCCCCC(=O)O)C(=O)O)C(=O)O)C(=O)O)C(=O)O)C(=O)O. The van der Waals surface area contributed by atoms with Crippen LogP contribution in [0.5, 0.6) is 0 Å². The van der Waals surface area contributed by atoms with Crippen LogP contribution in [-0.2, 0) is 52.7 Å². The summed E-state index contributed by atoms with van der Waals surface area (Å²) in [4.78, 5) is 130. The first-order chi connectivity index (χ1) is 30.7. The Labute approximate surface area is 377 Å². The third-order valence-electron chi connectivity index (χ3n) is 10.3. The van der Waals surface area contributed by atoms with Crippen LogP contribution in [0.2, 0.25) is 0 Å². The van der Waals surface area contributed by atoms with Crippen LogP contribution in [-0.4, -0.2) is 133 Å². The fourth-order valence-electron chi connectivity index (χ4n) is 6.46. The molecule has 0 aromatic rings. The van der Waals surface area contributed by atoms with Gasteiger partial charge in [-0.3, -0.25) is 33.6 Å². The fourth-order valence-corrected chi connectivity index (χ4v) is 6.46. The number of hydrogen-bond acceptors (Lipinski definition) is 12. The summed E-state index contributed by atoms with van der Waals surface area (Å²) in [5.41, 5.74) is 5.41. The Morgan fingerprint density at radius 3 is 0.923 bits per heavy atom. The molecule has 0 unspecified atom stereocenters. The summed E-state index contributed by atoms with van der Waals surface area (Å²) in [6, 6.07) is -7.22. The van der Waals surface area contributed by atoms with Crippen molar-refractivity contribution < 1.29 is 83.4 Å². The Kier molecular flexibility index (Phi) is 32.3. The normalized spacial score (nSPS) is 13.2. The lowest BCUT2D eigenvalue weighted by Gasteiger charge is -2.18. The fraction of sp³-hybridized carbons (Fsp3) is 0.738. The summed E-state index contributed by atoms with van der Waals surface area (Å²) in [5, 5.41) is 67.1. The number of hydrogen-bond donors (Lipinski definition) is 12. The molecule has 23 nitrogen and oxygen atoms in total. The Morgan fingerprint density at radius 1 is 0.323 bits per heavy atom. The van der Waals surface area contributed by atoms with E-state index in [4.69, 9.17) is 15.9 Å². The molecule has 0 aromatic carbocycles. The van der Waals surface area contributed by atoms with E-state index in [-0.39, 0.29) is 45.1 Å². The summed E-state index contributed by atoms with van der Waals surface area (Å²) in [6.07, 6.45) is 9.17. The van der Waals surface area contributed by atoms with Gasteiger partial charge in [0.15, 0.2) is 0 Å². The largest absolute Gasteiger partial charge is 0.481 e. The van der Waals surface area contributed by atoms with Gasteiger partial charge >= 0.3 is 35.8 Å². The van der Waals surface area contributed by atoms with Crippen LogP contribution in [0.4, 0.5) is 0 Å². The highest BCUT2D eigenvalue weighted by atomic mass is 16.4. The molecule has 0 aliphatic rings. The average Bonchev–Trinajstić information content (AvgIpc) is 3.23. The van der Waals surface area contributed by atoms with E-state index in [1.54, 1.807) is 0 Å². The second kappa shape index (κ2) is 35.5. The first kappa shape index (κ1) is 59.1. The summed E-state index contributed by atoms with van der Waals surface area (Å²) in [6.45, 7) is 0.188. The minimum absolute atomic E-state index is 0.0865. The van der Waals surface area contributed by atoms with E-state index < -0.39 is 128 Å². The summed E-state index contributed by atoms with van der Waals surface area (Å²) < 4.78 is 0. The van der Waals surface area contributed by atoms with Crippen molar-refractivity contribution in [3.63, 3.8) is 0 Å². The standard InChI is InChI=1S/C42H70N6O17/c43-27(38(56)57)15-13-14-26-44-32(49)22-18-28(39(58)59)46-34(51)24-20-30(41(62)63)48-36(53)25-21-31(42(64)65)47-35(52)23-19-29(40(60)61)45-33(50)16-11-9-7-5-3-1-2-4-6-8-10-12-17-37(54)55/h27-31H,1-26,43H2,(H,44,49)(H,45,50)(H,46,51)(H,47,52)(H,48,53)(H,54,55)(H,56,57)(H,58,59)(H,60,61)(H,62,63)(H,64,65)/t27-,28-,29-,30-,31-/m0/s1. The second-order valence-corrected chi connectivity index (χ2v) is 15.9. The number of carboxylic acids is 6. The molecule has 65 heavy (non-hydrogen) atoms. The number of nitrogens with one attached hydrogen (secondary N) is 5. The summed E-state index contributed by atoms with van der Waals surface area (Å²) in [5.74, 6) is -11.6. The number of aliphatic carboxylic acids is 6. The van der Waals surface area contributed by atoms with E-state index in [9.17, 15) is 73.2 Å². The highest BCUT2D eigenvalue weighted by Crippen LogP contribution is 2.14. The number of carbonyl (C=O) groups is 11. The number of unbranched alkanes of at least 4 members (excludes halogenated alkanes) is 12. The van der Waals surface area contributed by atoms with Gasteiger partial charge in [-0.15, -0.1) is 0 Å². The van der Waals surface area contributed by atoms with E-state index in [0.717, 1.165) is 64.2 Å². The van der Waals surface area contributed by atoms with Crippen LogP contribution in [0.3, 0.4) is 0 Å². The molecule has 0 aliphatic carbocycles. The molecule has 370 valence electrons. The van der Waals surface area contributed by atoms with Crippen molar-refractivity contribution in [3.8, 4) is 0 Å². The first-order valence-corrected chi connectivity index (χ1v) is 22.3. The molecule has 0 saturated heterocycles. The molecule has 0 fully saturated rings. The average molecular weight is 931 g/mol. The number of carbonyl (C=O) groups excluding carboxylic acids is 5. The van der Waals surface area contributed by atoms with Gasteiger partial charge in [0.05, 0.1) is 0 Å². The molecule has 0 aromatic heterocycles. The highest BCUT2D eigenvalue weighted by molar-refractivity contribution is 5.88. The van der Waals surface area contributed by atoms with Gasteiger partial charge in [-0.2, -0.15) is 0 Å². The van der Waals surface area contributed by atoms with Crippen molar-refractivity contribution in [1.29, 1.82) is 0 Å². The number of rotatable bonds is 41. The van der Waals surface area contributed by atoms with Crippen LogP contribution in [0.1, 0.15) is 161 Å². The van der Waals surface area contributed by atoms with Crippen molar-refractivity contribution in [1.82, 2.24) is 26.6 Å². The van der Waals surface area contributed by atoms with E-state index >= 15 is 0 Å². The van der Waals surface area contributed by atoms with E-state index in [1.807, 2.05) is 0 Å². The van der Waals surface area contributed by atoms with Crippen LogP contribution in [0.15, 0.2) is 0 Å². The lowest BCUT2D eigenvalue weighted by atomic mass is 10.0. The van der Waals surface area contributed by atoms with Gasteiger partial charge in [-0.25, -0.2) is 19.2 Å². The number of amides is 5. The molecule has 0 heterocycles. The van der Waals surface area contributed by atoms with Crippen molar-refractivity contribution in [3.05, 3.63) is 0 Å². The van der Waals surface area contributed by atoms with Crippen LogP contribution in [0.25, 0.3) is 0 Å². The topological polar surface area (TPSA) is 395 Å². The lowest BCUT2D eigenvalue weighted by molar-refractivity contribution is -0.144. The quantitative estimate of drug-likeness (QED) is 0.0388. The molecule has 5 atom stereocenters. The van der Waals surface area contributed by atoms with E-state index in [2.05, 4.69) is 26.6 Å². The zero-order valence-electron chi connectivity index (χ0n) is 37.0. The lowest BCUT2D eigenvalue weighted by Crippen LogP contribution is -2.45. The monoisotopic (exact) mass is 930 g/mol. The summed E-state index contributed by atoms with van der Waals surface area (Å²) >= 11 is 0. The van der Waals surface area contributed by atoms with Gasteiger partial charge in [-0.05, 0) is 57.8 Å². The van der Waals surface area contributed by atoms with Crippen molar-refractivity contribution in [2.45, 2.75) is 191 Å². The Hall–Kier alpha value is -5.87. The van der Waals surface area contributed by atoms with E-state index in [1.165, 1.54) is 0 Å². The molecular weight excluding hydrogens is 860 g/mol. The van der Waals surface area contributed by atoms with Crippen LogP contribution >= 0.6 is 0 Å². The van der Waals surface area contributed by atoms with Crippen LogP contribution in [0, 0.1) is 0 Å². The molecule has 0 bridgehead atoms. The zero-order chi connectivity index (χ0) is 49.2. The third kappa shape index (κ3) is 32.4. The van der Waals surface area contributed by atoms with Gasteiger partial charge in [0.25, 0.3) is 0 Å². The van der Waals surface area contributed by atoms with Crippen molar-refractivity contribution >= 4 is 65.4 Å². The minimum atomic E-state index is -1.64. The Bertz CT molecular complexity index is 1560. The smallest absolute Gasteiger partial charge is 0.326 e. The second-order valence-electron chi connectivity index (χ2n) is 15.9. The first-order valence-electron chi connectivity index (χ1n) is 22.3. The van der Waals surface area contributed by atoms with Gasteiger partial charge in [-0.1, -0.05) is 64.2 Å². The van der Waals surface area contributed by atoms with Crippen molar-refractivity contribution in [2.75, 3.05) is 6.54 Å². The molecule has 23 heteroatoms. The molecule has 5 amide bonds. The molecule has 13 N–H and O–H groups in total. The van der Waals surface area contributed by atoms with Crippen molar-refractivity contribution in [2.24, 2.45) is 5.73 Å². The molecule has 0 rings (SSSR count). The maximum absolute atomic E-state index is 12.6. The minimum Gasteiger partial charge on any atom is -0.481 e. The predicted molar refractivity (Wildman–Crippen MR) is 230 cm³/mol. The molecular formula is C42H70N6O17. The van der Waals surface area contributed by atoms with Gasteiger partial charge in [0.2, 0.25) is 29.5 Å². The number of nitrogens with two attached hydrogens (primary N) is 1. The van der Waals surface area contributed by atoms with E-state index in [0.29, 0.717) is 25.7 Å². The Morgan fingerprint density at radius 2 is 0.615 bits per heavy atom. The molecule has 0 radical (unpaired) electrons. The predicted octanol–water partition coefficient (Wildman–Crippen LogP) is 1.63. The van der Waals surface area contributed by atoms with Crippen LogP contribution < -0.4 is 32.3 Å². The number of carboxylic acid groups (broad SMARTS) is 6. The van der Waals surface area contributed by atoms with Gasteiger partial charge in [0.1, 0.15) is 30.2 Å². The summed E-state index contributed by atoms with van der Waals surface area (Å²) in [7, 11) is 0. The molecule has 0 aliphatic heterocycles. The third-order valence-corrected chi connectivity index (χ3v) is 10.3. The zero-order valence-corrected chi connectivity index (χ0v) is 37.0. The maximum Gasteiger partial charge on any atom is 0.326 e.